The zero-order valence-electron chi connectivity index (χ0n) is 17.4. The third-order valence-corrected chi connectivity index (χ3v) is 6.33. The van der Waals surface area contributed by atoms with Crippen molar-refractivity contribution >= 4 is 45.2 Å². The van der Waals surface area contributed by atoms with Gasteiger partial charge in [-0.25, -0.2) is 9.97 Å². The number of fused-ring (bicyclic) bond motifs is 3. The highest BCUT2D eigenvalue weighted by Crippen LogP contribution is 2.35. The average Bonchev–Trinajstić information content (AvgIpc) is 3.23. The quantitative estimate of drug-likeness (QED) is 0.343. The van der Waals surface area contributed by atoms with E-state index in [9.17, 15) is 0 Å². The highest BCUT2D eigenvalue weighted by molar-refractivity contribution is 6.33. The summed E-state index contributed by atoms with van der Waals surface area (Å²) in [7, 11) is 0. The Balaban J connectivity index is 1.42. The van der Waals surface area contributed by atoms with E-state index >= 15 is 0 Å². The Hall–Kier alpha value is -3.57. The van der Waals surface area contributed by atoms with Gasteiger partial charge >= 0.3 is 0 Å². The van der Waals surface area contributed by atoms with E-state index in [1.54, 1.807) is 0 Å². The molecule has 3 heterocycles. The molecule has 0 bridgehead atoms. The number of halogens is 1. The van der Waals surface area contributed by atoms with Gasteiger partial charge in [-0.05, 0) is 24.3 Å². The van der Waals surface area contributed by atoms with Crippen molar-refractivity contribution in [3.8, 4) is 11.4 Å². The Labute approximate surface area is 190 Å². The predicted molar refractivity (Wildman–Crippen MR) is 131 cm³/mol. The number of aromatic nitrogens is 2. The van der Waals surface area contributed by atoms with E-state index in [4.69, 9.17) is 26.0 Å². The molecule has 2 aromatic heterocycles. The van der Waals surface area contributed by atoms with Crippen molar-refractivity contribution in [1.82, 2.24) is 9.97 Å². The average molecular weight is 441 g/mol. The van der Waals surface area contributed by atoms with Crippen molar-refractivity contribution in [3.05, 3.63) is 83.9 Å². The van der Waals surface area contributed by atoms with Gasteiger partial charge in [0, 0.05) is 37.1 Å². The van der Waals surface area contributed by atoms with Crippen molar-refractivity contribution in [2.45, 2.75) is 0 Å². The molecule has 1 fully saturated rings. The first kappa shape index (κ1) is 19.1. The monoisotopic (exact) mass is 440 g/mol. The maximum absolute atomic E-state index is 6.43. The van der Waals surface area contributed by atoms with Crippen LogP contribution < -0.4 is 9.80 Å². The number of furan rings is 1. The summed E-state index contributed by atoms with van der Waals surface area (Å²) in [6.07, 6.45) is 0. The maximum atomic E-state index is 6.43. The Morgan fingerprint density at radius 2 is 1.41 bits per heavy atom. The molecule has 0 saturated carbocycles. The molecule has 0 unspecified atom stereocenters. The summed E-state index contributed by atoms with van der Waals surface area (Å²) in [5.74, 6) is 1.57. The lowest BCUT2D eigenvalue weighted by atomic mass is 10.2. The molecule has 1 saturated heterocycles. The number of hydrogen-bond acceptors (Lipinski definition) is 5. The third-order valence-electron chi connectivity index (χ3n) is 6.01. The van der Waals surface area contributed by atoms with Crippen molar-refractivity contribution in [2.24, 2.45) is 0 Å². The number of nitrogens with zero attached hydrogens (tertiary/aromatic N) is 4. The molecule has 0 atom stereocenters. The Bertz CT molecular complexity index is 1410. The highest BCUT2D eigenvalue weighted by Gasteiger charge is 2.25. The number of anilines is 2. The van der Waals surface area contributed by atoms with Crippen LogP contribution in [-0.2, 0) is 0 Å². The highest BCUT2D eigenvalue weighted by atomic mass is 35.5. The molecule has 5 aromatic rings. The molecular formula is C26H21ClN4O. The van der Waals surface area contributed by atoms with E-state index in [0.717, 1.165) is 70.3 Å². The molecule has 6 heteroatoms. The van der Waals surface area contributed by atoms with Crippen LogP contribution in [0.4, 0.5) is 11.5 Å². The SMILES string of the molecule is Clc1ccccc1N1CCN(c2nc(-c3ccccc3)nc3c2oc2ccccc23)CC1. The fourth-order valence-corrected chi connectivity index (χ4v) is 4.63. The van der Waals surface area contributed by atoms with E-state index in [0.29, 0.717) is 5.82 Å². The van der Waals surface area contributed by atoms with E-state index in [2.05, 4.69) is 21.9 Å². The number of para-hydroxylation sites is 2. The lowest BCUT2D eigenvalue weighted by Crippen LogP contribution is -2.47. The van der Waals surface area contributed by atoms with Crippen LogP contribution in [-0.4, -0.2) is 36.1 Å². The van der Waals surface area contributed by atoms with Crippen LogP contribution in [0.2, 0.25) is 5.02 Å². The summed E-state index contributed by atoms with van der Waals surface area (Å²) < 4.78 is 6.26. The summed E-state index contributed by atoms with van der Waals surface area (Å²) in [6.45, 7) is 3.36. The fraction of sp³-hybridized carbons (Fsp3) is 0.154. The number of rotatable bonds is 3. The Morgan fingerprint density at radius 1 is 0.719 bits per heavy atom. The van der Waals surface area contributed by atoms with Gasteiger partial charge < -0.3 is 14.2 Å². The van der Waals surface area contributed by atoms with E-state index in [1.165, 1.54) is 0 Å². The van der Waals surface area contributed by atoms with Crippen molar-refractivity contribution in [2.75, 3.05) is 36.0 Å². The van der Waals surface area contributed by atoms with Crippen LogP contribution >= 0.6 is 11.6 Å². The predicted octanol–water partition coefficient (Wildman–Crippen LogP) is 6.02. The molecule has 0 amide bonds. The van der Waals surface area contributed by atoms with Crippen LogP contribution in [0.5, 0.6) is 0 Å². The van der Waals surface area contributed by atoms with Crippen LogP contribution in [0, 0.1) is 0 Å². The smallest absolute Gasteiger partial charge is 0.196 e. The number of piperazine rings is 1. The summed E-state index contributed by atoms with van der Waals surface area (Å²) in [5, 5.41) is 1.80. The third kappa shape index (κ3) is 3.26. The van der Waals surface area contributed by atoms with E-state index < -0.39 is 0 Å². The summed E-state index contributed by atoms with van der Waals surface area (Å²) in [4.78, 5) is 14.5. The lowest BCUT2D eigenvalue weighted by Gasteiger charge is -2.37. The fourth-order valence-electron chi connectivity index (χ4n) is 4.37. The molecule has 3 aromatic carbocycles. The molecular weight excluding hydrogens is 420 g/mol. The van der Waals surface area contributed by atoms with Gasteiger partial charge in [-0.3, -0.25) is 0 Å². The van der Waals surface area contributed by atoms with Gasteiger partial charge in [0.2, 0.25) is 0 Å². The van der Waals surface area contributed by atoms with Crippen molar-refractivity contribution in [1.29, 1.82) is 0 Å². The minimum Gasteiger partial charge on any atom is -0.450 e. The summed E-state index contributed by atoms with van der Waals surface area (Å²) in [5.41, 5.74) is 4.51. The first-order chi connectivity index (χ1) is 15.8. The molecule has 1 aliphatic rings. The minimum atomic E-state index is 0.716. The van der Waals surface area contributed by atoms with Gasteiger partial charge in [-0.15, -0.1) is 0 Å². The second-order valence-electron chi connectivity index (χ2n) is 7.94. The molecule has 1 aliphatic heterocycles. The maximum Gasteiger partial charge on any atom is 0.196 e. The Morgan fingerprint density at radius 3 is 2.22 bits per heavy atom. The lowest BCUT2D eigenvalue weighted by molar-refractivity contribution is 0.629. The van der Waals surface area contributed by atoms with Gasteiger partial charge in [-0.1, -0.05) is 66.2 Å². The zero-order chi connectivity index (χ0) is 21.5. The van der Waals surface area contributed by atoms with Gasteiger partial charge in [0.25, 0.3) is 0 Å². The van der Waals surface area contributed by atoms with Crippen LogP contribution in [0.15, 0.2) is 83.3 Å². The molecule has 0 spiro atoms. The second-order valence-corrected chi connectivity index (χ2v) is 8.35. The molecule has 6 rings (SSSR count). The molecule has 0 N–H and O–H groups in total. The summed E-state index contributed by atoms with van der Waals surface area (Å²) in [6, 6.07) is 26.2. The molecule has 0 aliphatic carbocycles. The minimum absolute atomic E-state index is 0.716. The first-order valence-electron chi connectivity index (χ1n) is 10.8. The Kier molecular flexibility index (Phi) is 4.69. The van der Waals surface area contributed by atoms with Crippen molar-refractivity contribution in [3.63, 3.8) is 0 Å². The largest absolute Gasteiger partial charge is 0.450 e. The van der Waals surface area contributed by atoms with Gasteiger partial charge in [0.15, 0.2) is 17.2 Å². The number of benzene rings is 3. The molecule has 0 radical (unpaired) electrons. The van der Waals surface area contributed by atoms with Gasteiger partial charge in [-0.2, -0.15) is 0 Å². The van der Waals surface area contributed by atoms with Crippen molar-refractivity contribution < 1.29 is 4.42 Å². The molecule has 5 nitrogen and oxygen atoms in total. The first-order valence-corrected chi connectivity index (χ1v) is 11.1. The normalized spacial score (nSPS) is 14.4. The molecule has 32 heavy (non-hydrogen) atoms. The van der Waals surface area contributed by atoms with Crippen LogP contribution in [0.1, 0.15) is 0 Å². The van der Waals surface area contributed by atoms with Crippen LogP contribution in [0.3, 0.4) is 0 Å². The molecule has 158 valence electrons. The van der Waals surface area contributed by atoms with Gasteiger partial charge in [0.05, 0.1) is 10.7 Å². The summed E-state index contributed by atoms with van der Waals surface area (Å²) >= 11 is 6.43. The van der Waals surface area contributed by atoms with Crippen LogP contribution in [0.25, 0.3) is 33.5 Å². The standard InChI is InChI=1S/C26H21ClN4O/c27-20-11-5-6-12-21(20)30-14-16-31(17-15-30)26-24-23(19-10-4-7-13-22(19)32-24)28-25(29-26)18-8-2-1-3-9-18/h1-13H,14-17H2. The van der Waals surface area contributed by atoms with E-state index in [-0.39, 0.29) is 0 Å². The number of hydrogen-bond donors (Lipinski definition) is 0. The topological polar surface area (TPSA) is 45.4 Å². The second kappa shape index (κ2) is 7.84. The van der Waals surface area contributed by atoms with Gasteiger partial charge in [0.1, 0.15) is 11.1 Å². The zero-order valence-corrected chi connectivity index (χ0v) is 18.2. The van der Waals surface area contributed by atoms with E-state index in [1.807, 2.05) is 66.7 Å².